The standard InChI is InChI=1S/C22H19N3O4/c1-28-18-12-10-17(11-13-18)24-21(26)22(27)25-23-15-16-6-5-9-20(14-16)29-19-7-3-2-4-8-19/h2-15H,1H3,(H,24,26)(H,25,27)/b23-15-. The molecule has 0 radical (unpaired) electrons. The molecule has 0 fully saturated rings. The van der Waals surface area contributed by atoms with Gasteiger partial charge in [-0.2, -0.15) is 5.10 Å². The van der Waals surface area contributed by atoms with Crippen molar-refractivity contribution >= 4 is 23.7 Å². The lowest BCUT2D eigenvalue weighted by Crippen LogP contribution is -2.32. The third-order valence-electron chi connectivity index (χ3n) is 3.77. The maximum absolute atomic E-state index is 11.9. The molecule has 0 unspecified atom stereocenters. The third-order valence-corrected chi connectivity index (χ3v) is 3.77. The number of hydrazone groups is 1. The summed E-state index contributed by atoms with van der Waals surface area (Å²) in [4.78, 5) is 23.8. The number of carbonyl (C=O) groups excluding carboxylic acids is 2. The number of carbonyl (C=O) groups is 2. The van der Waals surface area contributed by atoms with E-state index in [0.717, 1.165) is 0 Å². The van der Waals surface area contributed by atoms with E-state index >= 15 is 0 Å². The Morgan fingerprint density at radius 1 is 0.828 bits per heavy atom. The Kier molecular flexibility index (Phi) is 6.57. The lowest BCUT2D eigenvalue weighted by atomic mass is 10.2. The van der Waals surface area contributed by atoms with E-state index < -0.39 is 11.8 Å². The molecule has 0 spiro atoms. The zero-order valence-electron chi connectivity index (χ0n) is 15.7. The summed E-state index contributed by atoms with van der Waals surface area (Å²) < 4.78 is 10.8. The first-order chi connectivity index (χ1) is 14.1. The van der Waals surface area contributed by atoms with Crippen LogP contribution in [0.3, 0.4) is 0 Å². The van der Waals surface area contributed by atoms with Crippen LogP contribution < -0.4 is 20.2 Å². The van der Waals surface area contributed by atoms with Crippen molar-refractivity contribution in [3.8, 4) is 17.2 Å². The molecule has 7 nitrogen and oxygen atoms in total. The monoisotopic (exact) mass is 389 g/mol. The molecule has 146 valence electrons. The van der Waals surface area contributed by atoms with Gasteiger partial charge in [-0.3, -0.25) is 9.59 Å². The van der Waals surface area contributed by atoms with E-state index in [1.807, 2.05) is 36.4 Å². The van der Waals surface area contributed by atoms with Gasteiger partial charge in [-0.25, -0.2) is 5.43 Å². The van der Waals surface area contributed by atoms with Crippen molar-refractivity contribution in [2.45, 2.75) is 0 Å². The van der Waals surface area contributed by atoms with Crippen molar-refractivity contribution in [2.24, 2.45) is 5.10 Å². The Bertz CT molecular complexity index is 1000. The first-order valence-electron chi connectivity index (χ1n) is 8.75. The van der Waals surface area contributed by atoms with Crippen LogP contribution in [-0.4, -0.2) is 25.1 Å². The van der Waals surface area contributed by atoms with Crippen molar-refractivity contribution in [3.63, 3.8) is 0 Å². The second kappa shape index (κ2) is 9.70. The van der Waals surface area contributed by atoms with E-state index in [4.69, 9.17) is 9.47 Å². The maximum Gasteiger partial charge on any atom is 0.329 e. The van der Waals surface area contributed by atoms with Gasteiger partial charge in [0.15, 0.2) is 0 Å². The minimum atomic E-state index is -0.881. The fourth-order valence-corrected chi connectivity index (χ4v) is 2.36. The van der Waals surface area contributed by atoms with Gasteiger partial charge in [0, 0.05) is 5.69 Å². The summed E-state index contributed by atoms with van der Waals surface area (Å²) in [7, 11) is 1.54. The van der Waals surface area contributed by atoms with Crippen LogP contribution in [0, 0.1) is 0 Å². The summed E-state index contributed by atoms with van der Waals surface area (Å²) in [6, 6.07) is 23.2. The maximum atomic E-state index is 11.9. The van der Waals surface area contributed by atoms with E-state index in [-0.39, 0.29) is 0 Å². The molecular formula is C22H19N3O4. The molecule has 3 aromatic rings. The molecule has 0 aliphatic rings. The predicted molar refractivity (Wildman–Crippen MR) is 110 cm³/mol. The Hall–Kier alpha value is -4.13. The first kappa shape index (κ1) is 19.6. The normalized spacial score (nSPS) is 10.4. The van der Waals surface area contributed by atoms with E-state index in [1.54, 1.807) is 49.6 Å². The number of ether oxygens (including phenoxy) is 2. The Morgan fingerprint density at radius 3 is 2.28 bits per heavy atom. The molecule has 2 amide bonds. The molecule has 0 aromatic heterocycles. The smallest absolute Gasteiger partial charge is 0.329 e. The van der Waals surface area contributed by atoms with Gasteiger partial charge in [0.05, 0.1) is 13.3 Å². The van der Waals surface area contributed by atoms with Crippen molar-refractivity contribution in [1.29, 1.82) is 0 Å². The summed E-state index contributed by atoms with van der Waals surface area (Å²) in [5.74, 6) is 0.284. The van der Waals surface area contributed by atoms with Crippen LogP contribution in [0.15, 0.2) is 84.0 Å². The molecule has 29 heavy (non-hydrogen) atoms. The summed E-state index contributed by atoms with van der Waals surface area (Å²) in [6.45, 7) is 0. The molecule has 0 saturated heterocycles. The summed E-state index contributed by atoms with van der Waals surface area (Å²) in [5.41, 5.74) is 3.37. The fourth-order valence-electron chi connectivity index (χ4n) is 2.36. The number of nitrogens with one attached hydrogen (secondary N) is 2. The largest absolute Gasteiger partial charge is 0.497 e. The number of nitrogens with zero attached hydrogens (tertiary/aromatic N) is 1. The van der Waals surface area contributed by atoms with Crippen LogP contribution in [0.2, 0.25) is 0 Å². The molecule has 0 saturated carbocycles. The molecule has 0 aliphatic heterocycles. The van der Waals surface area contributed by atoms with Crippen LogP contribution in [0.4, 0.5) is 5.69 Å². The average molecular weight is 389 g/mol. The highest BCUT2D eigenvalue weighted by Crippen LogP contribution is 2.21. The zero-order valence-corrected chi connectivity index (χ0v) is 15.7. The number of rotatable bonds is 6. The number of hydrogen-bond acceptors (Lipinski definition) is 5. The predicted octanol–water partition coefficient (Wildman–Crippen LogP) is 3.58. The van der Waals surface area contributed by atoms with Gasteiger partial charge < -0.3 is 14.8 Å². The van der Waals surface area contributed by atoms with Gasteiger partial charge in [0.25, 0.3) is 0 Å². The number of amides is 2. The van der Waals surface area contributed by atoms with Crippen molar-refractivity contribution in [1.82, 2.24) is 5.43 Å². The molecule has 2 N–H and O–H groups in total. The molecular weight excluding hydrogens is 370 g/mol. The van der Waals surface area contributed by atoms with Crippen LogP contribution in [0.25, 0.3) is 0 Å². The highest BCUT2D eigenvalue weighted by atomic mass is 16.5. The molecule has 0 aliphatic carbocycles. The molecule has 0 heterocycles. The Balaban J connectivity index is 1.54. The van der Waals surface area contributed by atoms with Crippen LogP contribution in [0.1, 0.15) is 5.56 Å². The number of methoxy groups -OCH3 is 1. The Morgan fingerprint density at radius 2 is 1.55 bits per heavy atom. The SMILES string of the molecule is COc1ccc(NC(=O)C(=O)N/N=C\c2cccc(Oc3ccccc3)c2)cc1. The van der Waals surface area contributed by atoms with Gasteiger partial charge in [-0.05, 0) is 54.1 Å². The van der Waals surface area contributed by atoms with Crippen LogP contribution in [-0.2, 0) is 9.59 Å². The van der Waals surface area contributed by atoms with Crippen molar-refractivity contribution < 1.29 is 19.1 Å². The summed E-state index contributed by atoms with van der Waals surface area (Å²) in [5, 5.41) is 6.30. The van der Waals surface area contributed by atoms with Crippen molar-refractivity contribution in [3.05, 3.63) is 84.4 Å². The zero-order chi connectivity index (χ0) is 20.5. The Labute approximate surface area is 168 Å². The first-order valence-corrected chi connectivity index (χ1v) is 8.75. The fraction of sp³-hybridized carbons (Fsp3) is 0.0455. The van der Waals surface area contributed by atoms with E-state index in [0.29, 0.717) is 28.5 Å². The molecule has 0 bridgehead atoms. The van der Waals surface area contributed by atoms with Crippen molar-refractivity contribution in [2.75, 3.05) is 12.4 Å². The number of anilines is 1. The van der Waals surface area contributed by atoms with Gasteiger partial charge in [0.2, 0.25) is 0 Å². The lowest BCUT2D eigenvalue weighted by molar-refractivity contribution is -0.136. The minimum Gasteiger partial charge on any atom is -0.497 e. The number of hydrogen-bond donors (Lipinski definition) is 2. The minimum absolute atomic E-state index is 0.473. The van der Waals surface area contributed by atoms with Gasteiger partial charge >= 0.3 is 11.8 Å². The van der Waals surface area contributed by atoms with E-state index in [9.17, 15) is 9.59 Å². The third kappa shape index (κ3) is 5.93. The summed E-state index contributed by atoms with van der Waals surface area (Å²) >= 11 is 0. The molecule has 0 atom stereocenters. The molecule has 7 heteroatoms. The van der Waals surface area contributed by atoms with Crippen LogP contribution >= 0.6 is 0 Å². The number of para-hydroxylation sites is 1. The second-order valence-corrected chi connectivity index (χ2v) is 5.87. The average Bonchev–Trinajstić information content (AvgIpc) is 2.75. The van der Waals surface area contributed by atoms with Gasteiger partial charge in [-0.15, -0.1) is 0 Å². The quantitative estimate of drug-likeness (QED) is 0.383. The highest BCUT2D eigenvalue weighted by molar-refractivity contribution is 6.39. The van der Waals surface area contributed by atoms with Crippen LogP contribution in [0.5, 0.6) is 17.2 Å². The highest BCUT2D eigenvalue weighted by Gasteiger charge is 2.12. The second-order valence-electron chi connectivity index (χ2n) is 5.87. The molecule has 3 rings (SSSR count). The summed E-state index contributed by atoms with van der Waals surface area (Å²) in [6.07, 6.45) is 1.43. The topological polar surface area (TPSA) is 89.0 Å². The lowest BCUT2D eigenvalue weighted by Gasteiger charge is -2.06. The molecule has 3 aromatic carbocycles. The van der Waals surface area contributed by atoms with E-state index in [1.165, 1.54) is 6.21 Å². The van der Waals surface area contributed by atoms with E-state index in [2.05, 4.69) is 15.8 Å². The van der Waals surface area contributed by atoms with Gasteiger partial charge in [0.1, 0.15) is 17.2 Å². The number of benzene rings is 3. The van der Waals surface area contributed by atoms with Gasteiger partial charge in [-0.1, -0.05) is 30.3 Å².